The molecule has 0 bridgehead atoms. The molecule has 0 spiro atoms. The predicted molar refractivity (Wildman–Crippen MR) is 120 cm³/mol. The van der Waals surface area contributed by atoms with E-state index in [1.165, 1.54) is 0 Å². The highest BCUT2D eigenvalue weighted by atomic mass is 127. The molecule has 8 nitrogen and oxygen atoms in total. The number of carbonyl (C=O) groups excluding carboxylic acids is 1. The van der Waals surface area contributed by atoms with E-state index < -0.39 is 11.7 Å². The van der Waals surface area contributed by atoms with Crippen LogP contribution in [0.25, 0.3) is 0 Å². The minimum absolute atomic E-state index is 0. The fourth-order valence-corrected chi connectivity index (χ4v) is 2.31. The van der Waals surface area contributed by atoms with E-state index in [2.05, 4.69) is 32.9 Å². The lowest BCUT2D eigenvalue weighted by Gasteiger charge is -2.24. The molecule has 0 saturated heterocycles. The summed E-state index contributed by atoms with van der Waals surface area (Å²) in [6.07, 6.45) is 8.17. The molecular formula is C18H35IN6O2. The van der Waals surface area contributed by atoms with Gasteiger partial charge in [0, 0.05) is 45.1 Å². The van der Waals surface area contributed by atoms with Gasteiger partial charge in [0.05, 0.1) is 6.33 Å². The summed E-state index contributed by atoms with van der Waals surface area (Å²) in [7, 11) is 1.74. The van der Waals surface area contributed by atoms with Crippen LogP contribution in [0.5, 0.6) is 0 Å². The minimum atomic E-state index is -0.499. The van der Waals surface area contributed by atoms with Gasteiger partial charge in [-0.3, -0.25) is 4.99 Å². The van der Waals surface area contributed by atoms with Crippen molar-refractivity contribution in [1.29, 1.82) is 0 Å². The number of guanidine groups is 1. The summed E-state index contributed by atoms with van der Waals surface area (Å²) in [4.78, 5) is 20.2. The van der Waals surface area contributed by atoms with Gasteiger partial charge in [-0.05, 0) is 27.2 Å². The van der Waals surface area contributed by atoms with Crippen molar-refractivity contribution < 1.29 is 9.53 Å². The van der Waals surface area contributed by atoms with E-state index in [1.807, 2.05) is 31.5 Å². The SMILES string of the molecule is CCCCC(CNC(=O)OC(C)(C)C)NC(=NC)NCCn1ccnc1.I. The summed E-state index contributed by atoms with van der Waals surface area (Å²) in [5.41, 5.74) is -0.499. The number of rotatable bonds is 9. The Morgan fingerprint density at radius 3 is 2.63 bits per heavy atom. The monoisotopic (exact) mass is 494 g/mol. The molecule has 0 aliphatic carbocycles. The Kier molecular flexibility index (Phi) is 12.9. The van der Waals surface area contributed by atoms with Crippen LogP contribution < -0.4 is 16.0 Å². The molecule has 1 heterocycles. The van der Waals surface area contributed by atoms with Gasteiger partial charge in [0.15, 0.2) is 5.96 Å². The fourth-order valence-electron chi connectivity index (χ4n) is 2.31. The van der Waals surface area contributed by atoms with E-state index in [0.29, 0.717) is 6.54 Å². The first kappa shape index (κ1) is 25.5. The molecule has 1 amide bonds. The van der Waals surface area contributed by atoms with Gasteiger partial charge in [0.1, 0.15) is 5.60 Å². The second kappa shape index (κ2) is 13.6. The normalized spacial score (nSPS) is 12.7. The van der Waals surface area contributed by atoms with Crippen molar-refractivity contribution in [2.75, 3.05) is 20.1 Å². The number of hydrogen-bond acceptors (Lipinski definition) is 4. The zero-order valence-corrected chi connectivity index (χ0v) is 19.4. The molecule has 0 aliphatic rings. The molecule has 0 fully saturated rings. The molecule has 0 saturated carbocycles. The second-order valence-corrected chi connectivity index (χ2v) is 7.17. The number of nitrogens with one attached hydrogen (secondary N) is 3. The van der Waals surface area contributed by atoms with Gasteiger partial charge in [-0.15, -0.1) is 24.0 Å². The largest absolute Gasteiger partial charge is 0.444 e. The highest BCUT2D eigenvalue weighted by molar-refractivity contribution is 14.0. The molecule has 0 aliphatic heterocycles. The van der Waals surface area contributed by atoms with Crippen molar-refractivity contribution in [3.05, 3.63) is 18.7 Å². The average molecular weight is 494 g/mol. The highest BCUT2D eigenvalue weighted by Crippen LogP contribution is 2.07. The van der Waals surface area contributed by atoms with Crippen molar-refractivity contribution in [3.8, 4) is 0 Å². The Bertz CT molecular complexity index is 543. The molecule has 1 unspecified atom stereocenters. The van der Waals surface area contributed by atoms with E-state index in [1.54, 1.807) is 19.6 Å². The number of nitrogens with zero attached hydrogens (tertiary/aromatic N) is 3. The third-order valence-corrected chi connectivity index (χ3v) is 3.58. The number of halogens is 1. The number of hydrogen-bond donors (Lipinski definition) is 3. The lowest BCUT2D eigenvalue weighted by atomic mass is 10.1. The number of aliphatic imine (C=N–C) groups is 1. The zero-order chi connectivity index (χ0) is 19.4. The summed E-state index contributed by atoms with van der Waals surface area (Å²) in [5, 5.41) is 9.50. The molecule has 9 heteroatoms. The Labute approximate surface area is 180 Å². The summed E-state index contributed by atoms with van der Waals surface area (Å²) in [6.45, 7) is 9.72. The molecule has 1 atom stereocenters. The first-order valence-corrected chi connectivity index (χ1v) is 9.23. The van der Waals surface area contributed by atoms with Gasteiger partial charge in [-0.2, -0.15) is 0 Å². The standard InChI is InChI=1S/C18H34N6O2.HI/c1-6-7-8-15(13-22-17(25)26-18(2,3)4)23-16(19-5)21-10-12-24-11-9-20-14-24;/h9,11,14-15H,6-8,10,12-13H2,1-5H3,(H,22,25)(H2,19,21,23);1H. The van der Waals surface area contributed by atoms with Crippen molar-refractivity contribution in [2.24, 2.45) is 4.99 Å². The average Bonchev–Trinajstić information content (AvgIpc) is 3.07. The molecule has 27 heavy (non-hydrogen) atoms. The maximum Gasteiger partial charge on any atom is 0.407 e. The smallest absolute Gasteiger partial charge is 0.407 e. The topological polar surface area (TPSA) is 92.6 Å². The molecule has 0 radical (unpaired) electrons. The molecule has 3 N–H and O–H groups in total. The van der Waals surface area contributed by atoms with Gasteiger partial charge in [0.2, 0.25) is 0 Å². The number of imidazole rings is 1. The summed E-state index contributed by atoms with van der Waals surface area (Å²) in [6, 6.07) is 0.0851. The van der Waals surface area contributed by atoms with Crippen LogP contribution in [0.4, 0.5) is 4.79 Å². The fraction of sp³-hybridized carbons (Fsp3) is 0.722. The van der Waals surface area contributed by atoms with E-state index in [-0.39, 0.29) is 30.0 Å². The van der Waals surface area contributed by atoms with Crippen LogP contribution in [0, 0.1) is 0 Å². The lowest BCUT2D eigenvalue weighted by Crippen LogP contribution is -2.49. The number of alkyl carbamates (subject to hydrolysis) is 1. The Hall–Kier alpha value is -1.52. The van der Waals surface area contributed by atoms with Crippen LogP contribution in [0.1, 0.15) is 47.0 Å². The quantitative estimate of drug-likeness (QED) is 0.279. The van der Waals surface area contributed by atoms with Crippen molar-refractivity contribution in [3.63, 3.8) is 0 Å². The number of unbranched alkanes of at least 4 members (excludes halogenated alkanes) is 1. The van der Waals surface area contributed by atoms with Crippen LogP contribution in [0.2, 0.25) is 0 Å². The summed E-state index contributed by atoms with van der Waals surface area (Å²) in [5.74, 6) is 0.720. The van der Waals surface area contributed by atoms with Gasteiger partial charge >= 0.3 is 6.09 Å². The van der Waals surface area contributed by atoms with Crippen LogP contribution in [0.15, 0.2) is 23.7 Å². The Morgan fingerprint density at radius 2 is 2.07 bits per heavy atom. The van der Waals surface area contributed by atoms with E-state index >= 15 is 0 Å². The Balaban J connectivity index is 0.00000676. The lowest BCUT2D eigenvalue weighted by molar-refractivity contribution is 0.0523. The molecule has 1 aromatic heterocycles. The molecule has 1 aromatic rings. The van der Waals surface area contributed by atoms with E-state index in [4.69, 9.17) is 4.74 Å². The number of carbonyl (C=O) groups is 1. The number of aromatic nitrogens is 2. The van der Waals surface area contributed by atoms with Crippen LogP contribution in [-0.4, -0.2) is 53.4 Å². The first-order chi connectivity index (χ1) is 12.3. The molecule has 1 rings (SSSR count). The van der Waals surface area contributed by atoms with Crippen molar-refractivity contribution >= 4 is 36.0 Å². The van der Waals surface area contributed by atoms with E-state index in [9.17, 15) is 4.79 Å². The maximum absolute atomic E-state index is 11.9. The minimum Gasteiger partial charge on any atom is -0.444 e. The number of amides is 1. The molecule has 156 valence electrons. The van der Waals surface area contributed by atoms with Gasteiger partial charge < -0.3 is 25.3 Å². The first-order valence-electron chi connectivity index (χ1n) is 9.23. The third-order valence-electron chi connectivity index (χ3n) is 3.58. The highest BCUT2D eigenvalue weighted by Gasteiger charge is 2.18. The van der Waals surface area contributed by atoms with Crippen molar-refractivity contribution in [1.82, 2.24) is 25.5 Å². The Morgan fingerprint density at radius 1 is 1.33 bits per heavy atom. The molecule has 0 aromatic carbocycles. The van der Waals surface area contributed by atoms with Gasteiger partial charge in [-0.1, -0.05) is 19.8 Å². The summed E-state index contributed by atoms with van der Waals surface area (Å²) >= 11 is 0. The van der Waals surface area contributed by atoms with Crippen LogP contribution >= 0.6 is 24.0 Å². The van der Waals surface area contributed by atoms with Crippen molar-refractivity contribution in [2.45, 2.75) is 65.1 Å². The van der Waals surface area contributed by atoms with Crippen LogP contribution in [-0.2, 0) is 11.3 Å². The van der Waals surface area contributed by atoms with Gasteiger partial charge in [0.25, 0.3) is 0 Å². The zero-order valence-electron chi connectivity index (χ0n) is 17.1. The summed E-state index contributed by atoms with van der Waals surface area (Å²) < 4.78 is 7.30. The number of ether oxygens (including phenoxy) is 1. The van der Waals surface area contributed by atoms with E-state index in [0.717, 1.165) is 38.3 Å². The predicted octanol–water partition coefficient (Wildman–Crippen LogP) is 2.75. The third kappa shape index (κ3) is 12.5. The maximum atomic E-state index is 11.9. The molecular weight excluding hydrogens is 459 g/mol. The van der Waals surface area contributed by atoms with Gasteiger partial charge in [-0.25, -0.2) is 9.78 Å². The second-order valence-electron chi connectivity index (χ2n) is 7.17. The van der Waals surface area contributed by atoms with Crippen LogP contribution in [0.3, 0.4) is 0 Å².